The van der Waals surface area contributed by atoms with Crippen molar-refractivity contribution in [1.82, 2.24) is 9.62 Å². The summed E-state index contributed by atoms with van der Waals surface area (Å²) in [7, 11) is 1.37. The molecule has 0 saturated heterocycles. The molecule has 1 N–H and O–H groups in total. The van der Waals surface area contributed by atoms with Crippen molar-refractivity contribution in [3.63, 3.8) is 0 Å². The second-order valence-electron chi connectivity index (χ2n) is 4.33. The zero-order chi connectivity index (χ0) is 15.2. The summed E-state index contributed by atoms with van der Waals surface area (Å²) in [6, 6.07) is 5.22. The van der Waals surface area contributed by atoms with Crippen LogP contribution in [-0.4, -0.2) is 52.5 Å². The summed E-state index contributed by atoms with van der Waals surface area (Å²) in [4.78, 5) is 0.219. The van der Waals surface area contributed by atoms with E-state index in [2.05, 4.69) is 5.32 Å². The number of ether oxygens (including phenoxy) is 1. The summed E-state index contributed by atoms with van der Waals surface area (Å²) >= 11 is 1.62. The summed E-state index contributed by atoms with van der Waals surface area (Å²) in [5.74, 6) is 1.13. The van der Waals surface area contributed by atoms with Crippen LogP contribution in [0.4, 0.5) is 0 Å². The molecule has 0 atom stereocenters. The molecule has 0 heterocycles. The minimum absolute atomic E-state index is 0.219. The van der Waals surface area contributed by atoms with Crippen LogP contribution in [-0.2, 0) is 16.6 Å². The van der Waals surface area contributed by atoms with Gasteiger partial charge >= 0.3 is 0 Å². The lowest BCUT2D eigenvalue weighted by Gasteiger charge is -2.19. The number of methoxy groups -OCH3 is 1. The van der Waals surface area contributed by atoms with E-state index in [1.54, 1.807) is 30.9 Å². The van der Waals surface area contributed by atoms with Crippen molar-refractivity contribution in [3.05, 3.63) is 23.8 Å². The first-order valence-corrected chi connectivity index (χ1v) is 9.07. The van der Waals surface area contributed by atoms with E-state index in [1.165, 1.54) is 11.4 Å². The van der Waals surface area contributed by atoms with Crippen LogP contribution in [0.3, 0.4) is 0 Å². The highest BCUT2D eigenvalue weighted by Gasteiger charge is 2.24. The first-order valence-electron chi connectivity index (χ1n) is 6.24. The molecule has 0 aliphatic heterocycles. The topological polar surface area (TPSA) is 58.6 Å². The molecule has 5 nitrogen and oxygen atoms in total. The Morgan fingerprint density at radius 1 is 1.40 bits per heavy atom. The first kappa shape index (κ1) is 17.3. The Labute approximate surface area is 125 Å². The normalized spacial score (nSPS) is 11.8. The fourth-order valence-corrected chi connectivity index (χ4v) is 3.69. The van der Waals surface area contributed by atoms with Crippen molar-refractivity contribution < 1.29 is 13.2 Å². The smallest absolute Gasteiger partial charge is 0.246 e. The van der Waals surface area contributed by atoms with Gasteiger partial charge in [0.05, 0.1) is 7.11 Å². The first-order chi connectivity index (χ1) is 9.47. The highest BCUT2D eigenvalue weighted by molar-refractivity contribution is 7.98. The Hall–Kier alpha value is -0.760. The van der Waals surface area contributed by atoms with Gasteiger partial charge in [-0.05, 0) is 31.0 Å². The second kappa shape index (κ2) is 7.87. The van der Waals surface area contributed by atoms with E-state index >= 15 is 0 Å². The average Bonchev–Trinajstić information content (AvgIpc) is 2.44. The van der Waals surface area contributed by atoms with Crippen LogP contribution >= 0.6 is 11.8 Å². The van der Waals surface area contributed by atoms with Gasteiger partial charge in [0.1, 0.15) is 10.6 Å². The Balaban J connectivity index is 3.17. The number of hydrogen-bond donors (Lipinski definition) is 1. The predicted molar refractivity (Wildman–Crippen MR) is 84.0 cm³/mol. The summed E-state index contributed by atoms with van der Waals surface area (Å²) in [6.07, 6.45) is 1.95. The van der Waals surface area contributed by atoms with Gasteiger partial charge in [-0.3, -0.25) is 0 Å². The number of sulfonamides is 1. The molecule has 0 aliphatic rings. The summed E-state index contributed by atoms with van der Waals surface area (Å²) in [5, 5.41) is 3.01. The molecule has 0 unspecified atom stereocenters. The van der Waals surface area contributed by atoms with Gasteiger partial charge in [0.2, 0.25) is 10.0 Å². The Morgan fingerprint density at radius 3 is 2.65 bits per heavy atom. The molecular formula is C13H22N2O3S2. The van der Waals surface area contributed by atoms with Gasteiger partial charge < -0.3 is 10.1 Å². The predicted octanol–water partition coefficient (Wildman–Crippen LogP) is 1.40. The summed E-state index contributed by atoms with van der Waals surface area (Å²) in [6.45, 7) is 1.09. The highest BCUT2D eigenvalue weighted by atomic mass is 32.2. The van der Waals surface area contributed by atoms with Gasteiger partial charge in [-0.25, -0.2) is 8.42 Å². The lowest BCUT2D eigenvalue weighted by Crippen LogP contribution is -2.29. The number of nitrogens with zero attached hydrogens (tertiary/aromatic N) is 1. The van der Waals surface area contributed by atoms with E-state index in [0.29, 0.717) is 18.8 Å². The molecular weight excluding hydrogens is 296 g/mol. The fraction of sp³-hybridized carbons (Fsp3) is 0.538. The highest BCUT2D eigenvalue weighted by Crippen LogP contribution is 2.27. The second-order valence-corrected chi connectivity index (χ2v) is 7.33. The Morgan fingerprint density at radius 2 is 2.10 bits per heavy atom. The third-order valence-corrected chi connectivity index (χ3v) is 5.38. The van der Waals surface area contributed by atoms with Crippen LogP contribution in [0.25, 0.3) is 0 Å². The zero-order valence-electron chi connectivity index (χ0n) is 12.3. The van der Waals surface area contributed by atoms with Crippen molar-refractivity contribution in [1.29, 1.82) is 0 Å². The van der Waals surface area contributed by atoms with E-state index in [0.717, 1.165) is 11.3 Å². The number of benzene rings is 1. The van der Waals surface area contributed by atoms with Crippen molar-refractivity contribution in [2.45, 2.75) is 11.4 Å². The number of rotatable bonds is 8. The molecule has 0 spiro atoms. The fourth-order valence-electron chi connectivity index (χ4n) is 1.74. The van der Waals surface area contributed by atoms with E-state index in [9.17, 15) is 8.42 Å². The van der Waals surface area contributed by atoms with E-state index in [-0.39, 0.29) is 4.90 Å². The monoisotopic (exact) mass is 318 g/mol. The minimum Gasteiger partial charge on any atom is -0.495 e. The molecule has 0 fully saturated rings. The zero-order valence-corrected chi connectivity index (χ0v) is 14.0. The van der Waals surface area contributed by atoms with E-state index in [1.807, 2.05) is 19.4 Å². The molecule has 0 radical (unpaired) electrons. The van der Waals surface area contributed by atoms with Crippen LogP contribution in [0, 0.1) is 0 Å². The molecule has 7 heteroatoms. The van der Waals surface area contributed by atoms with Crippen molar-refractivity contribution >= 4 is 21.8 Å². The van der Waals surface area contributed by atoms with E-state index in [4.69, 9.17) is 4.74 Å². The average molecular weight is 318 g/mol. The van der Waals surface area contributed by atoms with Gasteiger partial charge in [-0.1, -0.05) is 6.07 Å². The largest absolute Gasteiger partial charge is 0.495 e. The quantitative estimate of drug-likeness (QED) is 0.785. The maximum absolute atomic E-state index is 12.6. The third-order valence-electron chi connectivity index (χ3n) is 2.91. The van der Waals surface area contributed by atoms with Crippen molar-refractivity contribution in [3.8, 4) is 5.75 Å². The maximum Gasteiger partial charge on any atom is 0.246 e. The van der Waals surface area contributed by atoms with Gasteiger partial charge in [-0.2, -0.15) is 16.1 Å². The minimum atomic E-state index is -3.53. The standard InChI is InChI=1S/C13H22N2O3S2/c1-14-10-11-5-6-12(18-3)13(9-11)20(16,17)15(2)7-8-19-4/h5-6,9,14H,7-8,10H2,1-4H3. The summed E-state index contributed by atoms with van der Waals surface area (Å²) in [5.41, 5.74) is 0.908. The van der Waals surface area contributed by atoms with Crippen molar-refractivity contribution in [2.24, 2.45) is 0 Å². The number of nitrogens with one attached hydrogen (secondary N) is 1. The van der Waals surface area contributed by atoms with Crippen LogP contribution in [0.5, 0.6) is 5.75 Å². The van der Waals surface area contributed by atoms with Crippen LogP contribution < -0.4 is 10.1 Å². The molecule has 0 amide bonds. The van der Waals surface area contributed by atoms with Gasteiger partial charge in [0.25, 0.3) is 0 Å². The molecule has 0 aromatic heterocycles. The molecule has 114 valence electrons. The molecule has 1 aromatic carbocycles. The molecule has 0 saturated carbocycles. The van der Waals surface area contributed by atoms with Crippen molar-refractivity contribution in [2.75, 3.05) is 39.8 Å². The van der Waals surface area contributed by atoms with E-state index < -0.39 is 10.0 Å². The van der Waals surface area contributed by atoms with Gasteiger partial charge in [0.15, 0.2) is 0 Å². The number of hydrogen-bond acceptors (Lipinski definition) is 5. The lowest BCUT2D eigenvalue weighted by atomic mass is 10.2. The Kier molecular flexibility index (Phi) is 6.81. The van der Waals surface area contributed by atoms with Gasteiger partial charge in [-0.15, -0.1) is 0 Å². The molecule has 1 aromatic rings. The molecule has 0 bridgehead atoms. The summed E-state index contributed by atoms with van der Waals surface area (Å²) < 4.78 is 31.7. The maximum atomic E-state index is 12.6. The van der Waals surface area contributed by atoms with Gasteiger partial charge in [0, 0.05) is 25.9 Å². The molecule has 20 heavy (non-hydrogen) atoms. The lowest BCUT2D eigenvalue weighted by molar-refractivity contribution is 0.398. The van der Waals surface area contributed by atoms with Crippen LogP contribution in [0.1, 0.15) is 5.56 Å². The SMILES string of the molecule is CNCc1ccc(OC)c(S(=O)(=O)N(C)CCSC)c1. The molecule has 1 rings (SSSR count). The van der Waals surface area contributed by atoms with Crippen LogP contribution in [0.15, 0.2) is 23.1 Å². The molecule has 0 aliphatic carbocycles. The number of thioether (sulfide) groups is 1. The third kappa shape index (κ3) is 4.12. The Bertz CT molecular complexity index is 532. The van der Waals surface area contributed by atoms with Crippen LogP contribution in [0.2, 0.25) is 0 Å².